The van der Waals surface area contributed by atoms with Crippen LogP contribution in [0, 0.1) is 0 Å². The van der Waals surface area contributed by atoms with Gasteiger partial charge in [0.15, 0.2) is 0 Å². The fourth-order valence-electron chi connectivity index (χ4n) is 3.03. The van der Waals surface area contributed by atoms with Gasteiger partial charge in [0.05, 0.1) is 6.17 Å². The van der Waals surface area contributed by atoms with E-state index in [1.165, 1.54) is 17.5 Å². The van der Waals surface area contributed by atoms with Crippen LogP contribution in [0.1, 0.15) is 49.2 Å². The predicted molar refractivity (Wildman–Crippen MR) is 66.4 cm³/mol. The van der Waals surface area contributed by atoms with Crippen LogP contribution in [0.4, 0.5) is 0 Å². The smallest absolute Gasteiger partial charge is 0.0844 e. The molecule has 1 atom stereocenters. The molecule has 0 bridgehead atoms. The highest BCUT2D eigenvalue weighted by molar-refractivity contribution is 5.49. The summed E-state index contributed by atoms with van der Waals surface area (Å²) in [5, 5.41) is 7.08. The summed E-state index contributed by atoms with van der Waals surface area (Å²) in [4.78, 5) is 0. The second-order valence-corrected chi connectivity index (χ2v) is 5.93. The first-order chi connectivity index (χ1) is 7.57. The molecule has 16 heavy (non-hydrogen) atoms. The minimum Gasteiger partial charge on any atom is -0.298 e. The van der Waals surface area contributed by atoms with Gasteiger partial charge in [-0.2, -0.15) is 0 Å². The Kier molecular flexibility index (Phi) is 2.13. The molecule has 0 saturated carbocycles. The Morgan fingerprint density at radius 2 is 2.00 bits per heavy atom. The molecule has 2 aliphatic rings. The van der Waals surface area contributed by atoms with Gasteiger partial charge < -0.3 is 0 Å². The fraction of sp³-hybridized carbons (Fsp3) is 0.571. The third-order valence-electron chi connectivity index (χ3n) is 3.76. The lowest BCUT2D eigenvalue weighted by molar-refractivity contribution is 0.448. The lowest BCUT2D eigenvalue weighted by atomic mass is 9.79. The number of nitrogens with one attached hydrogen (secondary N) is 2. The van der Waals surface area contributed by atoms with Crippen molar-refractivity contribution in [2.75, 3.05) is 6.54 Å². The largest absolute Gasteiger partial charge is 0.298 e. The highest BCUT2D eigenvalue weighted by Crippen LogP contribution is 2.36. The van der Waals surface area contributed by atoms with Crippen molar-refractivity contribution in [3.8, 4) is 0 Å². The van der Waals surface area contributed by atoms with E-state index in [1.54, 1.807) is 11.1 Å². The first kappa shape index (κ1) is 10.3. The monoisotopic (exact) mass is 216 g/mol. The molecule has 2 nitrogen and oxygen atoms in total. The first-order valence-electron chi connectivity index (χ1n) is 6.19. The maximum absolute atomic E-state index is 3.54. The maximum Gasteiger partial charge on any atom is 0.0844 e. The Bertz CT molecular complexity index is 429. The molecular formula is C14H20N2. The molecule has 1 unspecified atom stereocenters. The van der Waals surface area contributed by atoms with E-state index in [0.29, 0.717) is 6.17 Å². The third kappa shape index (κ3) is 1.40. The predicted octanol–water partition coefficient (Wildman–Crippen LogP) is 2.23. The van der Waals surface area contributed by atoms with E-state index in [4.69, 9.17) is 0 Å². The zero-order valence-corrected chi connectivity index (χ0v) is 10.4. The van der Waals surface area contributed by atoms with E-state index in [1.807, 2.05) is 0 Å². The Morgan fingerprint density at radius 3 is 2.75 bits per heavy atom. The van der Waals surface area contributed by atoms with Gasteiger partial charge in [0.2, 0.25) is 0 Å². The van der Waals surface area contributed by atoms with Crippen LogP contribution in [-0.2, 0) is 18.4 Å². The van der Waals surface area contributed by atoms with Gasteiger partial charge in [-0.05, 0) is 34.1 Å². The standard InChI is InChI=1S/C14H20N2/c1-14(2,3)11-5-4-9-8-16-13-12(9)10(11)6-7-15-13/h4-5,13,15-16H,6-8H2,1-3H3. The molecule has 0 saturated heterocycles. The summed E-state index contributed by atoms with van der Waals surface area (Å²) in [5.74, 6) is 0. The van der Waals surface area contributed by atoms with Crippen molar-refractivity contribution in [2.45, 2.75) is 45.3 Å². The van der Waals surface area contributed by atoms with Crippen LogP contribution in [0.3, 0.4) is 0 Å². The molecule has 0 amide bonds. The van der Waals surface area contributed by atoms with E-state index in [2.05, 4.69) is 43.5 Å². The van der Waals surface area contributed by atoms with Crippen LogP contribution in [0.25, 0.3) is 0 Å². The van der Waals surface area contributed by atoms with Crippen molar-refractivity contribution in [2.24, 2.45) is 0 Å². The molecule has 0 spiro atoms. The van der Waals surface area contributed by atoms with Gasteiger partial charge in [-0.25, -0.2) is 0 Å². The Balaban J connectivity index is 2.21. The van der Waals surface area contributed by atoms with E-state index in [0.717, 1.165) is 13.1 Å². The molecule has 2 heteroatoms. The van der Waals surface area contributed by atoms with Gasteiger partial charge >= 0.3 is 0 Å². The Hall–Kier alpha value is -0.860. The van der Waals surface area contributed by atoms with Crippen LogP contribution >= 0.6 is 0 Å². The highest BCUT2D eigenvalue weighted by Gasteiger charge is 2.31. The number of hydrogen-bond acceptors (Lipinski definition) is 2. The molecule has 86 valence electrons. The second-order valence-electron chi connectivity index (χ2n) is 5.93. The van der Waals surface area contributed by atoms with Gasteiger partial charge in [-0.15, -0.1) is 0 Å². The van der Waals surface area contributed by atoms with Crippen molar-refractivity contribution in [3.05, 3.63) is 34.4 Å². The lowest BCUT2D eigenvalue weighted by Gasteiger charge is -2.30. The molecule has 2 heterocycles. The Morgan fingerprint density at radius 1 is 1.19 bits per heavy atom. The summed E-state index contributed by atoms with van der Waals surface area (Å²) in [7, 11) is 0. The van der Waals surface area contributed by atoms with Crippen molar-refractivity contribution in [3.63, 3.8) is 0 Å². The molecule has 0 aromatic heterocycles. The van der Waals surface area contributed by atoms with Crippen LogP contribution < -0.4 is 10.6 Å². The van der Waals surface area contributed by atoms with Crippen molar-refractivity contribution < 1.29 is 0 Å². The number of hydrogen-bond donors (Lipinski definition) is 2. The Labute approximate surface area is 97.4 Å². The molecule has 1 aromatic carbocycles. The van der Waals surface area contributed by atoms with Crippen LogP contribution in [0.2, 0.25) is 0 Å². The summed E-state index contributed by atoms with van der Waals surface area (Å²) in [5.41, 5.74) is 6.41. The molecule has 0 aliphatic carbocycles. The van der Waals surface area contributed by atoms with E-state index >= 15 is 0 Å². The van der Waals surface area contributed by atoms with Crippen molar-refractivity contribution in [1.29, 1.82) is 0 Å². The topological polar surface area (TPSA) is 24.1 Å². The highest BCUT2D eigenvalue weighted by atomic mass is 15.1. The fourth-order valence-corrected chi connectivity index (χ4v) is 3.03. The van der Waals surface area contributed by atoms with Gasteiger partial charge in [0, 0.05) is 13.1 Å². The molecular weight excluding hydrogens is 196 g/mol. The van der Waals surface area contributed by atoms with Crippen LogP contribution in [-0.4, -0.2) is 6.54 Å². The van der Waals surface area contributed by atoms with Crippen molar-refractivity contribution in [1.82, 2.24) is 10.6 Å². The summed E-state index contributed by atoms with van der Waals surface area (Å²) < 4.78 is 0. The SMILES string of the molecule is CC(C)(C)c1ccc2c3c1CCNC3NC2. The van der Waals surface area contributed by atoms with Crippen molar-refractivity contribution >= 4 is 0 Å². The van der Waals surface area contributed by atoms with Gasteiger partial charge in [0.1, 0.15) is 0 Å². The molecule has 3 rings (SSSR count). The second kappa shape index (κ2) is 3.31. The van der Waals surface area contributed by atoms with E-state index < -0.39 is 0 Å². The summed E-state index contributed by atoms with van der Waals surface area (Å²) in [6, 6.07) is 4.64. The summed E-state index contributed by atoms with van der Waals surface area (Å²) >= 11 is 0. The molecule has 1 aromatic rings. The van der Waals surface area contributed by atoms with Gasteiger partial charge in [-0.3, -0.25) is 10.6 Å². The zero-order chi connectivity index (χ0) is 11.3. The molecule has 2 N–H and O–H groups in total. The molecule has 2 aliphatic heterocycles. The molecule has 0 fully saturated rings. The summed E-state index contributed by atoms with van der Waals surface area (Å²) in [6.45, 7) is 9.04. The lowest BCUT2D eigenvalue weighted by Crippen LogP contribution is -2.35. The van der Waals surface area contributed by atoms with E-state index in [9.17, 15) is 0 Å². The van der Waals surface area contributed by atoms with Crippen LogP contribution in [0.15, 0.2) is 12.1 Å². The first-order valence-corrected chi connectivity index (χ1v) is 6.19. The summed E-state index contributed by atoms with van der Waals surface area (Å²) in [6.07, 6.45) is 1.58. The quantitative estimate of drug-likeness (QED) is 0.695. The normalized spacial score (nSPS) is 23.3. The van der Waals surface area contributed by atoms with E-state index in [-0.39, 0.29) is 5.41 Å². The van der Waals surface area contributed by atoms with Gasteiger partial charge in [-0.1, -0.05) is 32.9 Å². The molecule has 0 radical (unpaired) electrons. The zero-order valence-electron chi connectivity index (χ0n) is 10.4. The number of rotatable bonds is 0. The minimum atomic E-state index is 0.259. The average Bonchev–Trinajstić information content (AvgIpc) is 2.63. The van der Waals surface area contributed by atoms with Gasteiger partial charge in [0.25, 0.3) is 0 Å². The van der Waals surface area contributed by atoms with Crippen LogP contribution in [0.5, 0.6) is 0 Å². The minimum absolute atomic E-state index is 0.259. The average molecular weight is 216 g/mol. The third-order valence-corrected chi connectivity index (χ3v) is 3.76. The number of benzene rings is 1. The maximum atomic E-state index is 3.54.